The van der Waals surface area contributed by atoms with Gasteiger partial charge in [0.05, 0.1) is 0 Å². The van der Waals surface area contributed by atoms with Gasteiger partial charge in [-0.3, -0.25) is 4.90 Å². The van der Waals surface area contributed by atoms with Gasteiger partial charge in [-0.2, -0.15) is 0 Å². The van der Waals surface area contributed by atoms with E-state index in [4.69, 9.17) is 0 Å². The summed E-state index contributed by atoms with van der Waals surface area (Å²) in [5.41, 5.74) is 0. The lowest BCUT2D eigenvalue weighted by Crippen LogP contribution is -2.29. The predicted molar refractivity (Wildman–Crippen MR) is 68.2 cm³/mol. The molecule has 1 heterocycles. The molecule has 0 unspecified atom stereocenters. The topological polar surface area (TPSA) is 3.24 Å². The van der Waals surface area contributed by atoms with Crippen LogP contribution in [0.5, 0.6) is 0 Å². The fraction of sp³-hybridized carbons (Fsp3) is 0.857. The molecule has 15 heavy (non-hydrogen) atoms. The zero-order chi connectivity index (χ0) is 10.9. The third-order valence-electron chi connectivity index (χ3n) is 3.50. The van der Waals surface area contributed by atoms with Crippen LogP contribution in [0.4, 0.5) is 0 Å². The molecular weight excluding hydrogens is 182 g/mol. The first-order chi connectivity index (χ1) is 7.38. The van der Waals surface area contributed by atoms with E-state index < -0.39 is 0 Å². The van der Waals surface area contributed by atoms with Gasteiger partial charge in [0, 0.05) is 12.6 Å². The molecule has 1 saturated heterocycles. The molecule has 1 nitrogen and oxygen atoms in total. The van der Waals surface area contributed by atoms with Gasteiger partial charge in [-0.05, 0) is 25.8 Å². The minimum atomic E-state index is 0.865. The summed E-state index contributed by atoms with van der Waals surface area (Å²) in [5, 5.41) is 0. The molecular formula is C14H27N. The average Bonchev–Trinajstić information content (AvgIpc) is 2.66. The van der Waals surface area contributed by atoms with Crippen LogP contribution < -0.4 is 0 Å². The van der Waals surface area contributed by atoms with Gasteiger partial charge in [0.15, 0.2) is 0 Å². The van der Waals surface area contributed by atoms with E-state index in [1.54, 1.807) is 0 Å². The lowest BCUT2D eigenvalue weighted by molar-refractivity contribution is 0.262. The summed E-state index contributed by atoms with van der Waals surface area (Å²) in [6.07, 6.45) is 13.4. The van der Waals surface area contributed by atoms with Crippen LogP contribution in [0.15, 0.2) is 12.7 Å². The third kappa shape index (κ3) is 4.83. The first kappa shape index (κ1) is 12.8. The molecule has 0 aliphatic carbocycles. The van der Waals surface area contributed by atoms with Gasteiger partial charge in [-0.1, -0.05) is 45.1 Å². The maximum atomic E-state index is 3.84. The first-order valence-electron chi connectivity index (χ1n) is 6.73. The smallest absolute Gasteiger partial charge is 0.0163 e. The molecule has 0 aromatic rings. The molecule has 1 rings (SSSR count). The highest BCUT2D eigenvalue weighted by Gasteiger charge is 2.22. The fourth-order valence-corrected chi connectivity index (χ4v) is 2.61. The number of likely N-dealkylation sites (tertiary alicyclic amines) is 1. The molecule has 0 aromatic heterocycles. The number of unbranched alkanes of at least 4 members (excludes halogenated alkanes) is 4. The van der Waals surface area contributed by atoms with Gasteiger partial charge in [-0.15, -0.1) is 6.58 Å². The highest BCUT2D eigenvalue weighted by Crippen LogP contribution is 2.22. The van der Waals surface area contributed by atoms with Crippen molar-refractivity contribution in [2.24, 2.45) is 0 Å². The lowest BCUT2D eigenvalue weighted by Gasteiger charge is -2.22. The van der Waals surface area contributed by atoms with Crippen molar-refractivity contribution < 1.29 is 0 Å². The van der Waals surface area contributed by atoms with Crippen LogP contribution in [0.3, 0.4) is 0 Å². The summed E-state index contributed by atoms with van der Waals surface area (Å²) < 4.78 is 0. The summed E-state index contributed by atoms with van der Waals surface area (Å²) in [5.74, 6) is 0. The number of rotatable bonds is 8. The highest BCUT2D eigenvalue weighted by molar-refractivity contribution is 4.84. The quantitative estimate of drug-likeness (QED) is 0.431. The molecule has 1 aliphatic heterocycles. The third-order valence-corrected chi connectivity index (χ3v) is 3.50. The Morgan fingerprint density at radius 2 is 2.07 bits per heavy atom. The molecule has 0 aromatic carbocycles. The maximum absolute atomic E-state index is 3.84. The Labute approximate surface area is 95.5 Å². The molecule has 88 valence electrons. The number of hydrogen-bond donors (Lipinski definition) is 0. The number of hydrogen-bond acceptors (Lipinski definition) is 1. The van der Waals surface area contributed by atoms with Gasteiger partial charge in [0.25, 0.3) is 0 Å². The molecule has 1 atom stereocenters. The van der Waals surface area contributed by atoms with Gasteiger partial charge in [0.2, 0.25) is 0 Å². The first-order valence-corrected chi connectivity index (χ1v) is 6.73. The summed E-state index contributed by atoms with van der Waals surface area (Å²) in [6.45, 7) is 8.51. The fourth-order valence-electron chi connectivity index (χ4n) is 2.61. The van der Waals surface area contributed by atoms with Crippen LogP contribution in [0.2, 0.25) is 0 Å². The van der Waals surface area contributed by atoms with Crippen molar-refractivity contribution >= 4 is 0 Å². The summed E-state index contributed by atoms with van der Waals surface area (Å²) in [4.78, 5) is 2.60. The van der Waals surface area contributed by atoms with Crippen LogP contribution >= 0.6 is 0 Å². The van der Waals surface area contributed by atoms with E-state index in [1.165, 1.54) is 57.9 Å². The van der Waals surface area contributed by atoms with Crippen molar-refractivity contribution in [1.82, 2.24) is 4.90 Å². The zero-order valence-corrected chi connectivity index (χ0v) is 10.4. The van der Waals surface area contributed by atoms with E-state index in [2.05, 4.69) is 24.5 Å². The Bertz CT molecular complexity index is 165. The van der Waals surface area contributed by atoms with E-state index in [1.807, 2.05) is 0 Å². The average molecular weight is 209 g/mol. The standard InChI is InChI=1S/C14H27N/c1-3-5-6-7-8-10-14-11-9-13-15(14)12-4-2/h4,14H,2-3,5-13H2,1H3/t14-/m1/s1. The van der Waals surface area contributed by atoms with Crippen molar-refractivity contribution in [3.05, 3.63) is 12.7 Å². The molecule has 1 heteroatoms. The normalized spacial score (nSPS) is 22.1. The van der Waals surface area contributed by atoms with Crippen LogP contribution in [-0.2, 0) is 0 Å². The second kappa shape index (κ2) is 7.92. The molecule has 1 fully saturated rings. The Hall–Kier alpha value is -0.300. The minimum Gasteiger partial charge on any atom is -0.297 e. The Morgan fingerprint density at radius 3 is 2.80 bits per heavy atom. The van der Waals surface area contributed by atoms with Crippen molar-refractivity contribution in [3.8, 4) is 0 Å². The van der Waals surface area contributed by atoms with Crippen LogP contribution in [0, 0.1) is 0 Å². The second-order valence-corrected chi connectivity index (χ2v) is 4.78. The number of nitrogens with zero attached hydrogens (tertiary/aromatic N) is 1. The SMILES string of the molecule is C=CCN1CCC[C@H]1CCCCCCC. The van der Waals surface area contributed by atoms with Gasteiger partial charge in [-0.25, -0.2) is 0 Å². The molecule has 1 aliphatic rings. The molecule has 0 bridgehead atoms. The zero-order valence-electron chi connectivity index (χ0n) is 10.4. The van der Waals surface area contributed by atoms with Crippen LogP contribution in [0.1, 0.15) is 58.3 Å². The van der Waals surface area contributed by atoms with Gasteiger partial charge >= 0.3 is 0 Å². The van der Waals surface area contributed by atoms with E-state index in [0.717, 1.165) is 12.6 Å². The van der Waals surface area contributed by atoms with Gasteiger partial charge < -0.3 is 0 Å². The molecule has 0 amide bonds. The largest absolute Gasteiger partial charge is 0.297 e. The van der Waals surface area contributed by atoms with Crippen LogP contribution in [0.25, 0.3) is 0 Å². The lowest BCUT2D eigenvalue weighted by atomic mass is 10.0. The molecule has 0 N–H and O–H groups in total. The van der Waals surface area contributed by atoms with Crippen molar-refractivity contribution in [3.63, 3.8) is 0 Å². The molecule has 0 saturated carbocycles. The monoisotopic (exact) mass is 209 g/mol. The van der Waals surface area contributed by atoms with E-state index in [0.29, 0.717) is 0 Å². The van der Waals surface area contributed by atoms with Gasteiger partial charge in [0.1, 0.15) is 0 Å². The Balaban J connectivity index is 2.06. The van der Waals surface area contributed by atoms with E-state index >= 15 is 0 Å². The predicted octanol–water partition coefficient (Wildman–Crippen LogP) is 4.00. The summed E-state index contributed by atoms with van der Waals surface area (Å²) in [7, 11) is 0. The van der Waals surface area contributed by atoms with Crippen molar-refractivity contribution in [2.75, 3.05) is 13.1 Å². The molecule has 0 spiro atoms. The highest BCUT2D eigenvalue weighted by atomic mass is 15.2. The molecule has 0 radical (unpaired) electrons. The summed E-state index contributed by atoms with van der Waals surface area (Å²) in [6, 6.07) is 0.865. The van der Waals surface area contributed by atoms with Crippen LogP contribution in [-0.4, -0.2) is 24.0 Å². The Kier molecular flexibility index (Phi) is 6.74. The van der Waals surface area contributed by atoms with Crippen molar-refractivity contribution in [1.29, 1.82) is 0 Å². The van der Waals surface area contributed by atoms with E-state index in [9.17, 15) is 0 Å². The Morgan fingerprint density at radius 1 is 1.27 bits per heavy atom. The maximum Gasteiger partial charge on any atom is 0.0163 e. The minimum absolute atomic E-state index is 0.865. The van der Waals surface area contributed by atoms with E-state index in [-0.39, 0.29) is 0 Å². The second-order valence-electron chi connectivity index (χ2n) is 4.78. The summed E-state index contributed by atoms with van der Waals surface area (Å²) >= 11 is 0. The van der Waals surface area contributed by atoms with Crippen molar-refractivity contribution in [2.45, 2.75) is 64.3 Å².